The van der Waals surface area contributed by atoms with Gasteiger partial charge in [-0.1, -0.05) is 51.1 Å². The molecule has 2 amide bonds. The van der Waals surface area contributed by atoms with E-state index in [1.807, 2.05) is 51.1 Å². The monoisotopic (exact) mass is 332 g/mol. The number of likely N-dealkylation sites (tertiary alicyclic amines) is 1. The molecule has 2 N–H and O–H groups in total. The molecule has 0 saturated carbocycles. The average molecular weight is 332 g/mol. The van der Waals surface area contributed by atoms with E-state index in [4.69, 9.17) is 0 Å². The quantitative estimate of drug-likeness (QED) is 0.836. The fraction of sp³-hybridized carbons (Fsp3) is 0.579. The Morgan fingerprint density at radius 3 is 2.58 bits per heavy atom. The van der Waals surface area contributed by atoms with Crippen molar-refractivity contribution in [1.29, 1.82) is 0 Å². The minimum Gasteiger partial charge on any atom is -0.396 e. The summed E-state index contributed by atoms with van der Waals surface area (Å²) in [5, 5.41) is 12.2. The van der Waals surface area contributed by atoms with Crippen molar-refractivity contribution in [2.24, 2.45) is 11.3 Å². The van der Waals surface area contributed by atoms with Crippen LogP contribution in [-0.4, -0.2) is 41.0 Å². The number of aliphatic hydroxyl groups is 1. The van der Waals surface area contributed by atoms with Gasteiger partial charge in [-0.25, -0.2) is 0 Å². The molecule has 1 heterocycles. The summed E-state index contributed by atoms with van der Waals surface area (Å²) in [5.74, 6) is -0.384. The number of aliphatic hydroxyl groups excluding tert-OH is 1. The van der Waals surface area contributed by atoms with Gasteiger partial charge in [0.2, 0.25) is 11.8 Å². The third-order valence-electron chi connectivity index (χ3n) is 4.58. The zero-order chi connectivity index (χ0) is 17.7. The first-order valence-electron chi connectivity index (χ1n) is 8.54. The van der Waals surface area contributed by atoms with Gasteiger partial charge in [-0.15, -0.1) is 0 Å². The van der Waals surface area contributed by atoms with E-state index in [1.165, 1.54) is 0 Å². The Morgan fingerprint density at radius 1 is 1.33 bits per heavy atom. The van der Waals surface area contributed by atoms with Gasteiger partial charge in [-0.05, 0) is 17.4 Å². The Kier molecular flexibility index (Phi) is 5.99. The van der Waals surface area contributed by atoms with Crippen molar-refractivity contribution in [3.63, 3.8) is 0 Å². The number of amides is 2. The highest BCUT2D eigenvalue weighted by Crippen LogP contribution is 2.24. The second-order valence-electron chi connectivity index (χ2n) is 7.60. The van der Waals surface area contributed by atoms with Crippen LogP contribution < -0.4 is 5.32 Å². The Hall–Kier alpha value is -1.88. The summed E-state index contributed by atoms with van der Waals surface area (Å²) in [7, 11) is 0. The van der Waals surface area contributed by atoms with Crippen molar-refractivity contribution < 1.29 is 14.7 Å². The van der Waals surface area contributed by atoms with Crippen LogP contribution in [0.2, 0.25) is 0 Å². The molecule has 2 unspecified atom stereocenters. The lowest BCUT2D eigenvalue weighted by Gasteiger charge is -2.32. The van der Waals surface area contributed by atoms with Gasteiger partial charge in [0.1, 0.15) is 0 Å². The normalized spacial score (nSPS) is 19.4. The molecule has 1 aromatic carbocycles. The lowest BCUT2D eigenvalue weighted by atomic mass is 9.84. The zero-order valence-electron chi connectivity index (χ0n) is 14.8. The van der Waals surface area contributed by atoms with Crippen molar-refractivity contribution in [2.45, 2.75) is 46.2 Å². The van der Waals surface area contributed by atoms with Crippen LogP contribution >= 0.6 is 0 Å². The molecular weight excluding hydrogens is 304 g/mol. The number of carbonyl (C=O) groups is 2. The summed E-state index contributed by atoms with van der Waals surface area (Å²) < 4.78 is 0. The molecule has 2 rings (SSSR count). The van der Waals surface area contributed by atoms with Crippen molar-refractivity contribution >= 4 is 11.8 Å². The van der Waals surface area contributed by atoms with Crippen LogP contribution in [0, 0.1) is 11.3 Å². The summed E-state index contributed by atoms with van der Waals surface area (Å²) in [4.78, 5) is 26.5. The SMILES string of the molecule is CC(C)(C)C(CCO)NC(=O)C1CC(=O)N(Cc2ccccc2)C1. The molecule has 0 aromatic heterocycles. The Balaban J connectivity index is 1.95. The average Bonchev–Trinajstić information content (AvgIpc) is 2.88. The molecule has 5 nitrogen and oxygen atoms in total. The summed E-state index contributed by atoms with van der Waals surface area (Å²) in [5.41, 5.74) is 0.935. The van der Waals surface area contributed by atoms with E-state index in [0.29, 0.717) is 19.5 Å². The third-order valence-corrected chi connectivity index (χ3v) is 4.58. The van der Waals surface area contributed by atoms with Crippen molar-refractivity contribution in [2.75, 3.05) is 13.2 Å². The van der Waals surface area contributed by atoms with Crippen LogP contribution in [0.25, 0.3) is 0 Å². The summed E-state index contributed by atoms with van der Waals surface area (Å²) in [6.07, 6.45) is 0.776. The second kappa shape index (κ2) is 7.79. The molecule has 132 valence electrons. The fourth-order valence-corrected chi connectivity index (χ4v) is 3.04. The van der Waals surface area contributed by atoms with E-state index in [-0.39, 0.29) is 42.2 Å². The van der Waals surface area contributed by atoms with Gasteiger partial charge in [0.05, 0.1) is 5.92 Å². The predicted molar refractivity (Wildman–Crippen MR) is 93.1 cm³/mol. The van der Waals surface area contributed by atoms with Gasteiger partial charge in [-0.3, -0.25) is 9.59 Å². The lowest BCUT2D eigenvalue weighted by Crippen LogP contribution is -2.47. The molecule has 0 radical (unpaired) electrons. The van der Waals surface area contributed by atoms with Gasteiger partial charge in [0.15, 0.2) is 0 Å². The number of hydrogen-bond donors (Lipinski definition) is 2. The minimum atomic E-state index is -0.315. The van der Waals surface area contributed by atoms with Crippen LogP contribution in [0.5, 0.6) is 0 Å². The minimum absolute atomic E-state index is 0.0217. The van der Waals surface area contributed by atoms with Crippen molar-refractivity contribution in [1.82, 2.24) is 10.2 Å². The first-order chi connectivity index (χ1) is 11.3. The van der Waals surface area contributed by atoms with Crippen LogP contribution in [0.3, 0.4) is 0 Å². The van der Waals surface area contributed by atoms with E-state index in [9.17, 15) is 14.7 Å². The molecular formula is C19H28N2O3. The second-order valence-corrected chi connectivity index (χ2v) is 7.60. The van der Waals surface area contributed by atoms with Gasteiger partial charge < -0.3 is 15.3 Å². The maximum absolute atomic E-state index is 12.5. The molecule has 5 heteroatoms. The molecule has 2 atom stereocenters. The molecule has 1 saturated heterocycles. The lowest BCUT2D eigenvalue weighted by molar-refractivity contribution is -0.129. The maximum atomic E-state index is 12.5. The zero-order valence-corrected chi connectivity index (χ0v) is 14.8. The van der Waals surface area contributed by atoms with E-state index in [1.54, 1.807) is 4.90 Å². The fourth-order valence-electron chi connectivity index (χ4n) is 3.04. The van der Waals surface area contributed by atoms with Crippen LogP contribution in [-0.2, 0) is 16.1 Å². The number of nitrogens with one attached hydrogen (secondary N) is 1. The largest absolute Gasteiger partial charge is 0.396 e. The number of hydrogen-bond acceptors (Lipinski definition) is 3. The van der Waals surface area contributed by atoms with Crippen molar-refractivity contribution in [3.8, 4) is 0 Å². The smallest absolute Gasteiger partial charge is 0.225 e. The Labute approximate surface area is 144 Å². The summed E-state index contributed by atoms with van der Waals surface area (Å²) in [6.45, 7) is 7.14. The molecule has 1 aliphatic rings. The van der Waals surface area contributed by atoms with Gasteiger partial charge in [-0.2, -0.15) is 0 Å². The topological polar surface area (TPSA) is 69.6 Å². The molecule has 24 heavy (non-hydrogen) atoms. The van der Waals surface area contributed by atoms with Crippen LogP contribution in [0.4, 0.5) is 0 Å². The van der Waals surface area contributed by atoms with Gasteiger partial charge in [0, 0.05) is 32.2 Å². The first-order valence-corrected chi connectivity index (χ1v) is 8.54. The highest BCUT2D eigenvalue weighted by atomic mass is 16.3. The molecule has 1 aliphatic heterocycles. The van der Waals surface area contributed by atoms with Crippen LogP contribution in [0.1, 0.15) is 39.2 Å². The molecule has 0 bridgehead atoms. The number of benzene rings is 1. The molecule has 1 aromatic rings. The summed E-state index contributed by atoms with van der Waals surface area (Å²) in [6, 6.07) is 9.70. The molecule has 0 spiro atoms. The number of nitrogens with zero attached hydrogens (tertiary/aromatic N) is 1. The van der Waals surface area contributed by atoms with Crippen LogP contribution in [0.15, 0.2) is 30.3 Å². The predicted octanol–water partition coefficient (Wildman–Crippen LogP) is 1.95. The standard InChI is InChI=1S/C19H28N2O3/c1-19(2,3)16(9-10-22)20-18(24)15-11-17(23)21(13-15)12-14-7-5-4-6-8-14/h4-8,15-16,22H,9-13H2,1-3H3,(H,20,24). The molecule has 0 aliphatic carbocycles. The van der Waals surface area contributed by atoms with E-state index in [0.717, 1.165) is 5.56 Å². The Morgan fingerprint density at radius 2 is 2.00 bits per heavy atom. The Bertz CT molecular complexity index is 566. The van der Waals surface area contributed by atoms with E-state index in [2.05, 4.69) is 5.32 Å². The number of carbonyl (C=O) groups excluding carboxylic acids is 2. The highest BCUT2D eigenvalue weighted by molar-refractivity contribution is 5.89. The van der Waals surface area contributed by atoms with Crippen molar-refractivity contribution in [3.05, 3.63) is 35.9 Å². The van der Waals surface area contributed by atoms with Gasteiger partial charge >= 0.3 is 0 Å². The maximum Gasteiger partial charge on any atom is 0.225 e. The third kappa shape index (κ3) is 4.81. The highest BCUT2D eigenvalue weighted by Gasteiger charge is 2.36. The number of rotatable bonds is 6. The van der Waals surface area contributed by atoms with E-state index < -0.39 is 0 Å². The summed E-state index contributed by atoms with van der Waals surface area (Å²) >= 11 is 0. The first kappa shape index (κ1) is 18.5. The van der Waals surface area contributed by atoms with Gasteiger partial charge in [0.25, 0.3) is 0 Å². The molecule has 1 fully saturated rings. The van der Waals surface area contributed by atoms with E-state index >= 15 is 0 Å².